The molecule has 3 aromatic heterocycles. The van der Waals surface area contributed by atoms with Gasteiger partial charge in [0.05, 0.1) is 40.1 Å². The molecule has 3 aliphatic rings. The molecule has 5 heterocycles. The molecule has 2 aromatic carbocycles. The van der Waals surface area contributed by atoms with Crippen LogP contribution in [0.4, 0.5) is 5.82 Å². The predicted octanol–water partition coefficient (Wildman–Crippen LogP) is 6.76. The van der Waals surface area contributed by atoms with Gasteiger partial charge in [0, 0.05) is 61.4 Å². The standard InChI is InChI=1S/C50H64N10O5S/c1-31-44(66-30-53-31)34-15-13-33(14-16-34)26-52-48(64)42-24-38(61)29-59(42)49(65)45(50(2,3)4)55-47(63)35-17-11-32(12-18-35)8-7-21-58-22-19-37(20-23-58)60-28-36(27-54-60)40-25-41(56-57-46(40)51)39-9-5-6-10-43(39)62/h5-6,9-10,13-16,25,27-28,30,32,35,37-38,42,45,61-62H,7-8,11-12,17-24,26,29H2,1-4H3,(H2,51,57)(H,52,64)(H,55,63)/t32-,35-,38-,42+,45-/m1/s1. The number of nitrogens with one attached hydrogen (secondary N) is 2. The summed E-state index contributed by atoms with van der Waals surface area (Å²) < 4.78 is 2.04. The molecule has 6 N–H and O–H groups in total. The molecule has 2 saturated heterocycles. The number of carbonyl (C=O) groups is 3. The minimum atomic E-state index is -0.840. The lowest BCUT2D eigenvalue weighted by Crippen LogP contribution is -2.58. The number of hydrogen-bond acceptors (Lipinski definition) is 12. The van der Waals surface area contributed by atoms with Crippen LogP contribution in [0.1, 0.15) is 95.9 Å². The van der Waals surface area contributed by atoms with Crippen LogP contribution in [0, 0.1) is 24.2 Å². The van der Waals surface area contributed by atoms with Crippen molar-refractivity contribution in [1.82, 2.24) is 45.4 Å². The van der Waals surface area contributed by atoms with E-state index in [4.69, 9.17) is 10.8 Å². The number of nitrogens with zero attached hydrogens (tertiary/aromatic N) is 7. The van der Waals surface area contributed by atoms with Gasteiger partial charge in [-0.2, -0.15) is 5.10 Å². The number of para-hydroxylation sites is 1. The van der Waals surface area contributed by atoms with E-state index in [1.807, 2.05) is 86.7 Å². The first-order chi connectivity index (χ1) is 31.7. The Morgan fingerprint density at radius 1 is 0.939 bits per heavy atom. The highest BCUT2D eigenvalue weighted by Crippen LogP contribution is 2.36. The molecular formula is C50H64N10O5S. The van der Waals surface area contributed by atoms with Gasteiger partial charge in [0.2, 0.25) is 17.7 Å². The van der Waals surface area contributed by atoms with E-state index in [1.165, 1.54) is 4.90 Å². The lowest BCUT2D eigenvalue weighted by molar-refractivity contribution is -0.144. The Hall–Kier alpha value is -5.71. The van der Waals surface area contributed by atoms with E-state index in [0.29, 0.717) is 35.6 Å². The quantitative estimate of drug-likeness (QED) is 0.0788. The van der Waals surface area contributed by atoms with Crippen molar-refractivity contribution >= 4 is 34.9 Å². The summed E-state index contributed by atoms with van der Waals surface area (Å²) in [6.45, 7) is 11.1. The van der Waals surface area contributed by atoms with E-state index in [9.17, 15) is 24.6 Å². The Balaban J connectivity index is 0.764. The van der Waals surface area contributed by atoms with Crippen LogP contribution in [0.15, 0.2) is 72.5 Å². The molecule has 3 fully saturated rings. The average Bonchev–Trinajstić information content (AvgIpc) is 4.08. The molecule has 66 heavy (non-hydrogen) atoms. The summed E-state index contributed by atoms with van der Waals surface area (Å²) in [5, 5.41) is 40.2. The number of nitrogens with two attached hydrogens (primary N) is 1. The SMILES string of the molecule is Cc1ncsc1-c1ccc(CNC(=O)[C@@H]2C[C@@H](O)CN2C(=O)[C@@H](NC(=O)[C@H]2CC[C@H](CCCN3CCC(n4cc(-c5cc(-c6ccccc6O)nnc5N)cn4)CC3)CC2)C(C)(C)C)cc1. The van der Waals surface area contributed by atoms with Gasteiger partial charge >= 0.3 is 0 Å². The van der Waals surface area contributed by atoms with Crippen molar-refractivity contribution in [2.24, 2.45) is 17.3 Å². The summed E-state index contributed by atoms with van der Waals surface area (Å²) in [7, 11) is 0. The number of piperidine rings is 1. The third-order valence-corrected chi connectivity index (χ3v) is 14.8. The number of phenols is 1. The zero-order chi connectivity index (χ0) is 46.5. The van der Waals surface area contributed by atoms with Crippen LogP contribution in [0.3, 0.4) is 0 Å². The number of thiazole rings is 1. The molecule has 0 bridgehead atoms. The smallest absolute Gasteiger partial charge is 0.246 e. The Labute approximate surface area is 391 Å². The monoisotopic (exact) mass is 916 g/mol. The average molecular weight is 917 g/mol. The third-order valence-electron chi connectivity index (χ3n) is 13.8. The van der Waals surface area contributed by atoms with Crippen molar-refractivity contribution in [1.29, 1.82) is 0 Å². The molecule has 15 nitrogen and oxygen atoms in total. The van der Waals surface area contributed by atoms with E-state index in [1.54, 1.807) is 29.5 Å². The van der Waals surface area contributed by atoms with Gasteiger partial charge in [-0.05, 0) is 105 Å². The summed E-state index contributed by atoms with van der Waals surface area (Å²) >= 11 is 1.59. The van der Waals surface area contributed by atoms with Crippen LogP contribution in [-0.2, 0) is 20.9 Å². The number of aliphatic hydroxyl groups is 1. The summed E-state index contributed by atoms with van der Waals surface area (Å²) in [6, 6.07) is 15.5. The molecule has 16 heteroatoms. The number of aromatic nitrogens is 5. The van der Waals surface area contributed by atoms with Gasteiger partial charge in [-0.15, -0.1) is 21.5 Å². The fraction of sp³-hybridized carbons (Fsp3) is 0.500. The Kier molecular flexibility index (Phi) is 14.5. The number of hydrogen-bond donors (Lipinski definition) is 5. The van der Waals surface area contributed by atoms with Crippen molar-refractivity contribution in [2.75, 3.05) is 31.9 Å². The lowest BCUT2D eigenvalue weighted by Gasteiger charge is -2.37. The number of amides is 3. The van der Waals surface area contributed by atoms with Gasteiger partial charge in [-0.1, -0.05) is 57.2 Å². The number of anilines is 1. The van der Waals surface area contributed by atoms with E-state index in [2.05, 4.69) is 30.7 Å². The molecule has 3 atom stereocenters. The number of aliphatic hydroxyl groups excluding tert-OH is 1. The van der Waals surface area contributed by atoms with Gasteiger partial charge in [-0.3, -0.25) is 19.1 Å². The Morgan fingerprint density at radius 3 is 2.38 bits per heavy atom. The Bertz CT molecular complexity index is 2470. The number of nitrogen functional groups attached to an aromatic ring is 1. The number of β-amino-alcohol motifs (C(OH)–C–C–N with tert-alkyl or cyclic N) is 1. The molecule has 1 saturated carbocycles. The summed E-state index contributed by atoms with van der Waals surface area (Å²) in [5.74, 6) is 0.0943. The minimum absolute atomic E-state index is 0.0436. The van der Waals surface area contributed by atoms with Crippen LogP contribution < -0.4 is 16.4 Å². The molecule has 8 rings (SSSR count). The van der Waals surface area contributed by atoms with Gasteiger partial charge in [-0.25, -0.2) is 4.98 Å². The molecule has 5 aromatic rings. The fourth-order valence-electron chi connectivity index (χ4n) is 9.90. The highest BCUT2D eigenvalue weighted by molar-refractivity contribution is 7.13. The van der Waals surface area contributed by atoms with Gasteiger partial charge in [0.15, 0.2) is 5.82 Å². The fourth-order valence-corrected chi connectivity index (χ4v) is 10.7. The predicted molar refractivity (Wildman–Crippen MR) is 256 cm³/mol. The maximum Gasteiger partial charge on any atom is 0.246 e. The number of carbonyl (C=O) groups excluding carboxylic acids is 3. The highest BCUT2D eigenvalue weighted by Gasteiger charge is 2.45. The summed E-state index contributed by atoms with van der Waals surface area (Å²) in [6.07, 6.45) is 11.0. The zero-order valence-electron chi connectivity index (χ0n) is 38.5. The van der Waals surface area contributed by atoms with Crippen molar-refractivity contribution in [3.05, 3.63) is 83.8 Å². The maximum atomic E-state index is 14.2. The van der Waals surface area contributed by atoms with Crippen LogP contribution in [0.2, 0.25) is 0 Å². The van der Waals surface area contributed by atoms with Gasteiger partial charge in [0.1, 0.15) is 17.8 Å². The molecule has 0 spiro atoms. The van der Waals surface area contributed by atoms with Crippen molar-refractivity contribution in [3.8, 4) is 38.6 Å². The van der Waals surface area contributed by atoms with Crippen LogP contribution in [-0.4, -0.2) is 107 Å². The number of benzene rings is 2. The first kappa shape index (κ1) is 46.8. The third kappa shape index (κ3) is 10.9. The Morgan fingerprint density at radius 2 is 1.68 bits per heavy atom. The molecular weight excluding hydrogens is 853 g/mol. The number of rotatable bonds is 14. The van der Waals surface area contributed by atoms with E-state index < -0.39 is 23.6 Å². The topological polar surface area (TPSA) is 205 Å². The van der Waals surface area contributed by atoms with Crippen LogP contribution >= 0.6 is 11.3 Å². The van der Waals surface area contributed by atoms with E-state index in [-0.39, 0.29) is 42.4 Å². The summed E-state index contributed by atoms with van der Waals surface area (Å²) in [4.78, 5) is 51.1. The second-order valence-electron chi connectivity index (χ2n) is 19.6. The summed E-state index contributed by atoms with van der Waals surface area (Å²) in [5.41, 5.74) is 13.2. The normalized spacial score (nSPS) is 21.1. The van der Waals surface area contributed by atoms with Crippen LogP contribution in [0.5, 0.6) is 5.75 Å². The first-order valence-electron chi connectivity index (χ1n) is 23.5. The van der Waals surface area contributed by atoms with E-state index >= 15 is 0 Å². The molecule has 1 aliphatic carbocycles. The number of aromatic hydroxyl groups is 1. The van der Waals surface area contributed by atoms with Crippen molar-refractivity contribution < 1.29 is 24.6 Å². The molecule has 2 aliphatic heterocycles. The van der Waals surface area contributed by atoms with Gasteiger partial charge in [0.25, 0.3) is 0 Å². The lowest BCUT2D eigenvalue weighted by atomic mass is 9.79. The molecule has 0 unspecified atom stereocenters. The molecule has 0 radical (unpaired) electrons. The molecule has 350 valence electrons. The minimum Gasteiger partial charge on any atom is -0.507 e. The van der Waals surface area contributed by atoms with Gasteiger partial charge < -0.3 is 36.4 Å². The number of likely N-dealkylation sites (tertiary alicyclic amines) is 2. The van der Waals surface area contributed by atoms with Crippen LogP contribution in [0.25, 0.3) is 32.8 Å². The first-order valence-corrected chi connectivity index (χ1v) is 24.3. The number of aryl methyl sites for hydroxylation is 1. The second kappa shape index (κ2) is 20.4. The molecule has 3 amide bonds. The largest absolute Gasteiger partial charge is 0.507 e. The van der Waals surface area contributed by atoms with Crippen molar-refractivity contribution in [2.45, 2.75) is 116 Å². The maximum absolute atomic E-state index is 14.2. The van der Waals surface area contributed by atoms with Crippen molar-refractivity contribution in [3.63, 3.8) is 0 Å². The van der Waals surface area contributed by atoms with E-state index in [0.717, 1.165) is 104 Å². The number of phenolic OH excluding ortho intramolecular Hbond substituents is 1. The highest BCUT2D eigenvalue weighted by atomic mass is 32.1. The second-order valence-corrected chi connectivity index (χ2v) is 20.4. The zero-order valence-corrected chi connectivity index (χ0v) is 39.3.